The number of likely N-dealkylation sites (tertiary alicyclic amines) is 2. The van der Waals surface area contributed by atoms with Crippen LogP contribution in [0.1, 0.15) is 75.2 Å². The maximum absolute atomic E-state index is 17.6. The number of aromatic nitrogens is 2. The number of pyridine rings is 1. The van der Waals surface area contributed by atoms with Crippen molar-refractivity contribution >= 4 is 50.9 Å². The fourth-order valence-corrected chi connectivity index (χ4v) is 10.3. The molecule has 2 aromatic heterocycles. The van der Waals surface area contributed by atoms with Crippen molar-refractivity contribution in [3.63, 3.8) is 0 Å². The molecule has 2 saturated carbocycles. The molecule has 7 atom stereocenters. The molecule has 1 N–H and O–H groups in total. The normalized spacial score (nSPS) is 27.0. The van der Waals surface area contributed by atoms with Gasteiger partial charge in [0.25, 0.3) is 0 Å². The van der Waals surface area contributed by atoms with Crippen LogP contribution in [0.5, 0.6) is 5.88 Å². The molecular weight excluding hydrogens is 752 g/mol. The van der Waals surface area contributed by atoms with E-state index >= 15 is 4.39 Å². The van der Waals surface area contributed by atoms with Gasteiger partial charge in [0.2, 0.25) is 11.8 Å². The van der Waals surface area contributed by atoms with Gasteiger partial charge < -0.3 is 24.3 Å². The highest BCUT2D eigenvalue weighted by Gasteiger charge is 2.51. The highest BCUT2D eigenvalue weighted by Crippen LogP contribution is 2.52. The molecule has 1 amide bonds. The molecule has 4 saturated heterocycles. The smallest absolute Gasteiger partial charge is 0.345 e. The molecule has 0 radical (unpaired) electrons. The highest BCUT2D eigenvalue weighted by atomic mass is 35.5. The van der Waals surface area contributed by atoms with Crippen LogP contribution in [0, 0.1) is 29.0 Å². The summed E-state index contributed by atoms with van der Waals surface area (Å²) in [6.45, 7) is 0.841. The predicted molar refractivity (Wildman–Crippen MR) is 204 cm³/mol. The zero-order valence-electron chi connectivity index (χ0n) is 30.7. The summed E-state index contributed by atoms with van der Waals surface area (Å²) in [5.74, 6) is -0.256. The fraction of sp³-hybridized carbons (Fsp3) is 0.537. The molecule has 0 spiro atoms. The largest absolute Gasteiger partial charge is 0.472 e. The van der Waals surface area contributed by atoms with Gasteiger partial charge in [0.1, 0.15) is 11.6 Å². The quantitative estimate of drug-likeness (QED) is 0.163. The zero-order valence-corrected chi connectivity index (χ0v) is 32.2. The number of nitriles is 1. The molecule has 14 heteroatoms. The van der Waals surface area contributed by atoms with Crippen molar-refractivity contribution in [2.24, 2.45) is 11.8 Å². The second-order valence-electron chi connectivity index (χ2n) is 16.0. The Balaban J connectivity index is 1.32. The summed E-state index contributed by atoms with van der Waals surface area (Å²) in [6, 6.07) is 10.8. The molecule has 6 aliphatic rings. The van der Waals surface area contributed by atoms with Gasteiger partial charge in [-0.25, -0.2) is 9.37 Å². The minimum absolute atomic E-state index is 0.0371. The van der Waals surface area contributed by atoms with Crippen molar-refractivity contribution < 1.29 is 27.4 Å². The molecule has 2 bridgehead atoms. The monoisotopic (exact) mass is 794 g/mol. The van der Waals surface area contributed by atoms with E-state index in [1.54, 1.807) is 23.1 Å². The molecule has 9 nitrogen and oxygen atoms in total. The van der Waals surface area contributed by atoms with Crippen LogP contribution >= 0.6 is 23.2 Å². The first-order valence-electron chi connectivity index (χ1n) is 19.4. The summed E-state index contributed by atoms with van der Waals surface area (Å²) in [5, 5.41) is 15.0. The Kier molecular flexibility index (Phi) is 9.69. The zero-order chi connectivity index (χ0) is 38.3. The Morgan fingerprint density at radius 3 is 2.65 bits per heavy atom. The van der Waals surface area contributed by atoms with Crippen LogP contribution in [0.2, 0.25) is 10.0 Å². The first kappa shape index (κ1) is 37.0. The Morgan fingerprint density at radius 2 is 1.98 bits per heavy atom. The number of hydrogen-bond acceptors (Lipinski definition) is 7. The summed E-state index contributed by atoms with van der Waals surface area (Å²) in [7, 11) is 2.07. The average Bonchev–Trinajstić information content (AvgIpc) is 3.58. The molecule has 4 aromatic rings. The molecule has 290 valence electrons. The van der Waals surface area contributed by atoms with E-state index in [-0.39, 0.29) is 94.8 Å². The number of aryl methyl sites for hydroxylation is 1. The van der Waals surface area contributed by atoms with E-state index in [4.69, 9.17) is 37.7 Å². The molecule has 2 aromatic carbocycles. The maximum Gasteiger partial charge on any atom is 0.345 e. The highest BCUT2D eigenvalue weighted by molar-refractivity contribution is 6.43. The number of amides is 1. The molecule has 1 unspecified atom stereocenters. The van der Waals surface area contributed by atoms with Gasteiger partial charge in [0, 0.05) is 66.1 Å². The summed E-state index contributed by atoms with van der Waals surface area (Å²) in [4.78, 5) is 22.9. The van der Waals surface area contributed by atoms with Crippen LogP contribution < -0.4 is 10.1 Å². The van der Waals surface area contributed by atoms with Crippen LogP contribution in [0.25, 0.3) is 32.9 Å². The number of carbonyl (C=O) groups is 1. The van der Waals surface area contributed by atoms with Gasteiger partial charge in [0.05, 0.1) is 45.2 Å². The SMILES string of the molecule is CC(Oc1nc2c(F)c(-c3cccc(Cl)c3Cl)c(CCC#N)cc2c2c1cc([C@H]1C[C@H](OC(F)F)CN1C(=O)C1CC1)n2[C@H]1[C@H]2CN[C@@H]1C2)[C@@H]1CCCN1C. The van der Waals surface area contributed by atoms with Crippen molar-refractivity contribution in [2.45, 2.75) is 101 Å². The van der Waals surface area contributed by atoms with E-state index in [1.807, 2.05) is 19.1 Å². The molecule has 6 fully saturated rings. The predicted octanol–water partition coefficient (Wildman–Crippen LogP) is 8.44. The summed E-state index contributed by atoms with van der Waals surface area (Å²) < 4.78 is 59.2. The number of nitrogens with zero attached hydrogens (tertiary/aromatic N) is 5. The third-order valence-electron chi connectivity index (χ3n) is 12.7. The van der Waals surface area contributed by atoms with Crippen molar-refractivity contribution in [1.82, 2.24) is 24.7 Å². The lowest BCUT2D eigenvalue weighted by molar-refractivity contribution is -0.160. The maximum atomic E-state index is 17.6. The summed E-state index contributed by atoms with van der Waals surface area (Å²) >= 11 is 13.2. The van der Waals surface area contributed by atoms with Gasteiger partial charge in [-0.15, -0.1) is 0 Å². The van der Waals surface area contributed by atoms with E-state index in [1.165, 1.54) is 0 Å². The van der Waals surface area contributed by atoms with Gasteiger partial charge in [-0.3, -0.25) is 9.69 Å². The molecule has 6 heterocycles. The van der Waals surface area contributed by atoms with Crippen LogP contribution in [0.15, 0.2) is 30.3 Å². The third-order valence-corrected chi connectivity index (χ3v) is 13.6. The lowest BCUT2D eigenvalue weighted by atomic mass is 9.79. The number of halogens is 5. The van der Waals surface area contributed by atoms with Gasteiger partial charge >= 0.3 is 6.61 Å². The van der Waals surface area contributed by atoms with Crippen molar-refractivity contribution in [1.29, 1.82) is 5.26 Å². The summed E-state index contributed by atoms with van der Waals surface area (Å²) in [5.41, 5.74) is 2.78. The Bertz CT molecular complexity index is 2210. The van der Waals surface area contributed by atoms with E-state index < -0.39 is 24.6 Å². The van der Waals surface area contributed by atoms with Gasteiger partial charge in [-0.05, 0) is 88.7 Å². The van der Waals surface area contributed by atoms with Crippen molar-refractivity contribution in [3.8, 4) is 23.1 Å². The minimum atomic E-state index is -2.97. The third kappa shape index (κ3) is 6.35. The number of nitrogens with one attached hydrogen (secondary N) is 1. The Morgan fingerprint density at radius 1 is 1.16 bits per heavy atom. The number of benzene rings is 2. The lowest BCUT2D eigenvalue weighted by Gasteiger charge is -2.39. The second kappa shape index (κ2) is 14.4. The van der Waals surface area contributed by atoms with Gasteiger partial charge in [-0.2, -0.15) is 14.0 Å². The number of likely N-dealkylation sites (N-methyl/N-ethyl adjacent to an activating group) is 1. The van der Waals surface area contributed by atoms with Crippen LogP contribution in [0.3, 0.4) is 0 Å². The molecule has 55 heavy (non-hydrogen) atoms. The van der Waals surface area contributed by atoms with Crippen molar-refractivity contribution in [2.75, 3.05) is 26.7 Å². The number of ether oxygens (including phenoxy) is 2. The summed E-state index contributed by atoms with van der Waals surface area (Å²) in [6.07, 6.45) is 3.91. The number of hydrogen-bond donors (Lipinski definition) is 1. The molecule has 2 aliphatic carbocycles. The fourth-order valence-electron chi connectivity index (χ4n) is 9.92. The lowest BCUT2D eigenvalue weighted by Crippen LogP contribution is -2.41. The van der Waals surface area contributed by atoms with E-state index in [0.717, 1.165) is 50.9 Å². The van der Waals surface area contributed by atoms with Crippen LogP contribution in [0.4, 0.5) is 13.2 Å². The average molecular weight is 796 g/mol. The molecular formula is C41H43Cl2F3N6O3. The topological polar surface area (TPSA) is 95.6 Å². The van der Waals surface area contributed by atoms with Crippen molar-refractivity contribution in [3.05, 3.63) is 57.5 Å². The minimum Gasteiger partial charge on any atom is -0.472 e. The first-order valence-corrected chi connectivity index (χ1v) is 20.1. The Hall–Kier alpha value is -3.60. The van der Waals surface area contributed by atoms with Crippen LogP contribution in [-0.2, 0) is 16.0 Å². The number of alkyl halides is 2. The molecule has 4 aliphatic heterocycles. The van der Waals surface area contributed by atoms with E-state index in [2.05, 4.69) is 27.9 Å². The first-order chi connectivity index (χ1) is 26.5. The van der Waals surface area contributed by atoms with E-state index in [0.29, 0.717) is 27.4 Å². The standard InChI is InChI=1S/C41H43Cl2F3N6O3/c1-20(30-9-5-13-50(30)2)54-39-27-17-32(31-16-24(55-41(45)46)19-51(31)40(53)21-10-11-21)52(37-23-15-29(37)48-18-23)38(27)26-14-22(6-4-12-47)33(35(44)36(26)49-39)25-7-3-8-28(42)34(25)43/h3,7-8,14,17,20-21,23-24,29-31,37,41,48H,4-6,9-11,13,15-16,18-19H2,1-2H3/t20?,23-,24+,29-,30+,31-,37+/m1/s1. The van der Waals surface area contributed by atoms with E-state index in [9.17, 15) is 18.8 Å². The Labute approximate surface area is 327 Å². The van der Waals surface area contributed by atoms with Crippen LogP contribution in [-0.4, -0.2) is 82.8 Å². The number of carbonyl (C=O) groups excluding carboxylic acids is 1. The van der Waals surface area contributed by atoms with Gasteiger partial charge in [0.15, 0.2) is 5.82 Å². The second-order valence-corrected chi connectivity index (χ2v) is 16.8. The number of rotatable bonds is 11. The molecule has 10 rings (SSSR count). The number of fused-ring (bicyclic) bond motifs is 4. The van der Waals surface area contributed by atoms with Gasteiger partial charge in [-0.1, -0.05) is 35.3 Å².